The number of carbonyl (C=O) groups excluding carboxylic acids is 2. The molecule has 2 aromatic heterocycles. The molecule has 0 amide bonds. The summed E-state index contributed by atoms with van der Waals surface area (Å²) in [7, 11) is 0. The fourth-order valence-electron chi connectivity index (χ4n) is 3.84. The van der Waals surface area contributed by atoms with Crippen molar-refractivity contribution in [1.82, 2.24) is 10.3 Å². The molecule has 0 aliphatic heterocycles. The van der Waals surface area contributed by atoms with Crippen LogP contribution in [0.4, 0.5) is 0 Å². The lowest BCUT2D eigenvalue weighted by atomic mass is 10.1. The number of esters is 2. The summed E-state index contributed by atoms with van der Waals surface area (Å²) in [5, 5.41) is 8.76. The Morgan fingerprint density at radius 3 is 1.64 bits per heavy atom. The standard InChI is InChI=1S/C28H17Cl3N2O6/c1-14-23(25(32-38-14)17-7-3-5-9-19(17)29)27(34)36-16-11-12-22(21(31)13-16)37-28(35)24-15(2)39-33-26(24)18-8-4-6-10-20(18)30/h3-13H,1-2H3. The summed E-state index contributed by atoms with van der Waals surface area (Å²) in [6.07, 6.45) is 0. The number of aromatic nitrogens is 2. The minimum Gasteiger partial charge on any atom is -0.423 e. The van der Waals surface area contributed by atoms with Gasteiger partial charge in [-0.05, 0) is 38.1 Å². The van der Waals surface area contributed by atoms with Gasteiger partial charge in [0.1, 0.15) is 45.5 Å². The molecule has 0 saturated carbocycles. The second-order valence-electron chi connectivity index (χ2n) is 8.26. The summed E-state index contributed by atoms with van der Waals surface area (Å²) in [6, 6.07) is 18.0. The molecule has 0 aliphatic rings. The van der Waals surface area contributed by atoms with Crippen molar-refractivity contribution in [2.45, 2.75) is 13.8 Å². The highest BCUT2D eigenvalue weighted by Gasteiger charge is 2.27. The molecule has 196 valence electrons. The molecular formula is C28H17Cl3N2O6. The predicted octanol–water partition coefficient (Wildman–Crippen LogP) is 8.01. The van der Waals surface area contributed by atoms with Crippen LogP contribution in [0.3, 0.4) is 0 Å². The van der Waals surface area contributed by atoms with Crippen molar-refractivity contribution in [2.75, 3.05) is 0 Å². The van der Waals surface area contributed by atoms with Crippen LogP contribution in [-0.2, 0) is 0 Å². The molecule has 2 heterocycles. The molecule has 0 atom stereocenters. The van der Waals surface area contributed by atoms with E-state index in [4.69, 9.17) is 53.3 Å². The van der Waals surface area contributed by atoms with Crippen molar-refractivity contribution in [3.8, 4) is 34.0 Å². The first kappa shape index (κ1) is 26.5. The molecule has 5 rings (SSSR count). The first-order chi connectivity index (χ1) is 18.7. The van der Waals surface area contributed by atoms with Crippen LogP contribution >= 0.6 is 34.8 Å². The summed E-state index contributed by atoms with van der Waals surface area (Å²) in [5.74, 6) is -0.841. The Bertz CT molecular complexity index is 1730. The Morgan fingerprint density at radius 1 is 0.667 bits per heavy atom. The van der Waals surface area contributed by atoms with Gasteiger partial charge in [0.25, 0.3) is 0 Å². The quantitative estimate of drug-likeness (QED) is 0.146. The molecule has 0 N–H and O–H groups in total. The van der Waals surface area contributed by atoms with E-state index in [0.717, 1.165) is 0 Å². The zero-order valence-corrected chi connectivity index (χ0v) is 22.6. The van der Waals surface area contributed by atoms with Crippen molar-refractivity contribution in [3.05, 3.63) is 104 Å². The van der Waals surface area contributed by atoms with Gasteiger partial charge in [0, 0.05) is 17.2 Å². The van der Waals surface area contributed by atoms with Crippen LogP contribution in [-0.4, -0.2) is 22.3 Å². The Morgan fingerprint density at radius 2 is 1.15 bits per heavy atom. The van der Waals surface area contributed by atoms with E-state index in [9.17, 15) is 9.59 Å². The first-order valence-corrected chi connectivity index (χ1v) is 12.5. The van der Waals surface area contributed by atoms with Crippen LogP contribution in [0.5, 0.6) is 11.5 Å². The smallest absolute Gasteiger partial charge is 0.349 e. The Hall–Kier alpha value is -4.11. The van der Waals surface area contributed by atoms with Crippen molar-refractivity contribution in [1.29, 1.82) is 0 Å². The third-order valence-electron chi connectivity index (χ3n) is 5.71. The highest BCUT2D eigenvalue weighted by molar-refractivity contribution is 6.34. The number of nitrogens with zero attached hydrogens (tertiary/aromatic N) is 2. The van der Waals surface area contributed by atoms with E-state index in [2.05, 4.69) is 10.3 Å². The molecule has 0 radical (unpaired) electrons. The van der Waals surface area contributed by atoms with E-state index in [1.807, 2.05) is 0 Å². The normalized spacial score (nSPS) is 10.9. The number of hydrogen-bond donors (Lipinski definition) is 0. The summed E-state index contributed by atoms with van der Waals surface area (Å²) >= 11 is 18.9. The predicted molar refractivity (Wildman–Crippen MR) is 145 cm³/mol. The van der Waals surface area contributed by atoms with Crippen LogP contribution in [0.25, 0.3) is 22.5 Å². The molecule has 11 heteroatoms. The van der Waals surface area contributed by atoms with Gasteiger partial charge in [0.15, 0.2) is 0 Å². The second-order valence-corrected chi connectivity index (χ2v) is 9.48. The number of hydrogen-bond acceptors (Lipinski definition) is 8. The fourth-order valence-corrected chi connectivity index (χ4v) is 4.50. The third kappa shape index (κ3) is 5.27. The highest BCUT2D eigenvalue weighted by Crippen LogP contribution is 2.35. The minimum atomic E-state index is -0.750. The van der Waals surface area contributed by atoms with Crippen LogP contribution in [0, 0.1) is 13.8 Å². The molecule has 39 heavy (non-hydrogen) atoms. The zero-order chi connectivity index (χ0) is 27.7. The van der Waals surface area contributed by atoms with Gasteiger partial charge in [-0.3, -0.25) is 0 Å². The minimum absolute atomic E-state index is 0.0235. The molecule has 0 saturated heterocycles. The lowest BCUT2D eigenvalue weighted by Gasteiger charge is -2.10. The largest absolute Gasteiger partial charge is 0.423 e. The molecule has 3 aromatic carbocycles. The molecule has 0 bridgehead atoms. The zero-order valence-electron chi connectivity index (χ0n) is 20.3. The van der Waals surface area contributed by atoms with E-state index in [0.29, 0.717) is 21.2 Å². The number of halogens is 3. The summed E-state index contributed by atoms with van der Waals surface area (Å²) in [6.45, 7) is 3.17. The maximum Gasteiger partial charge on any atom is 0.349 e. The Labute approximate surface area is 237 Å². The number of carbonyl (C=O) groups is 2. The maximum atomic E-state index is 13.1. The van der Waals surface area contributed by atoms with Crippen LogP contribution in [0.1, 0.15) is 32.2 Å². The number of rotatable bonds is 6. The van der Waals surface area contributed by atoms with Crippen LogP contribution < -0.4 is 9.47 Å². The average Bonchev–Trinajstić information content (AvgIpc) is 3.48. The second kappa shape index (κ2) is 10.9. The molecule has 0 spiro atoms. The fraction of sp³-hybridized carbons (Fsp3) is 0.0714. The summed E-state index contributed by atoms with van der Waals surface area (Å²) in [4.78, 5) is 26.1. The van der Waals surface area contributed by atoms with Crippen molar-refractivity contribution >= 4 is 46.7 Å². The average molecular weight is 584 g/mol. The first-order valence-electron chi connectivity index (χ1n) is 11.4. The van der Waals surface area contributed by atoms with Crippen molar-refractivity contribution < 1.29 is 28.1 Å². The van der Waals surface area contributed by atoms with Crippen molar-refractivity contribution in [3.63, 3.8) is 0 Å². The van der Waals surface area contributed by atoms with Gasteiger partial charge in [-0.25, -0.2) is 9.59 Å². The molecule has 0 fully saturated rings. The SMILES string of the molecule is Cc1onc(-c2ccccc2Cl)c1C(=O)Oc1ccc(OC(=O)c2c(-c3ccccc3Cl)noc2C)c(Cl)c1. The van der Waals surface area contributed by atoms with Gasteiger partial charge < -0.3 is 18.5 Å². The van der Waals surface area contributed by atoms with E-state index < -0.39 is 11.9 Å². The van der Waals surface area contributed by atoms with E-state index >= 15 is 0 Å². The van der Waals surface area contributed by atoms with Gasteiger partial charge in [-0.2, -0.15) is 0 Å². The Kier molecular flexibility index (Phi) is 7.43. The number of aryl methyl sites for hydroxylation is 2. The Balaban J connectivity index is 1.36. The molecule has 5 aromatic rings. The third-order valence-corrected chi connectivity index (χ3v) is 6.66. The lowest BCUT2D eigenvalue weighted by Crippen LogP contribution is -2.12. The van der Waals surface area contributed by atoms with Gasteiger partial charge in [-0.1, -0.05) is 81.5 Å². The van der Waals surface area contributed by atoms with Crippen LogP contribution in [0.15, 0.2) is 75.8 Å². The maximum absolute atomic E-state index is 13.1. The van der Waals surface area contributed by atoms with Gasteiger partial charge in [-0.15, -0.1) is 0 Å². The van der Waals surface area contributed by atoms with Crippen LogP contribution in [0.2, 0.25) is 15.1 Å². The lowest BCUT2D eigenvalue weighted by molar-refractivity contribution is 0.0718. The molecule has 0 aliphatic carbocycles. The van der Waals surface area contributed by atoms with Crippen molar-refractivity contribution in [2.24, 2.45) is 0 Å². The summed E-state index contributed by atoms with van der Waals surface area (Å²) < 4.78 is 21.5. The van der Waals surface area contributed by atoms with Gasteiger partial charge >= 0.3 is 11.9 Å². The molecule has 8 nitrogen and oxygen atoms in total. The van der Waals surface area contributed by atoms with E-state index in [-0.39, 0.29) is 50.6 Å². The number of benzene rings is 3. The van der Waals surface area contributed by atoms with Gasteiger partial charge in [0.05, 0.1) is 15.1 Å². The topological polar surface area (TPSA) is 105 Å². The monoisotopic (exact) mass is 582 g/mol. The van der Waals surface area contributed by atoms with E-state index in [1.165, 1.54) is 18.2 Å². The van der Waals surface area contributed by atoms with Gasteiger partial charge in [0.2, 0.25) is 0 Å². The summed E-state index contributed by atoms with van der Waals surface area (Å²) in [5.41, 5.74) is 1.73. The molecular weight excluding hydrogens is 567 g/mol. The van der Waals surface area contributed by atoms with E-state index in [1.54, 1.807) is 62.4 Å². The molecule has 0 unspecified atom stereocenters. The number of ether oxygens (including phenoxy) is 2. The highest BCUT2D eigenvalue weighted by atomic mass is 35.5.